The van der Waals surface area contributed by atoms with Gasteiger partial charge in [-0.15, -0.1) is 0 Å². The molecule has 0 radical (unpaired) electrons. The van der Waals surface area contributed by atoms with Crippen molar-refractivity contribution in [3.05, 3.63) is 58.7 Å². The zero-order valence-corrected chi connectivity index (χ0v) is 43.9. The fourth-order valence-corrected chi connectivity index (χ4v) is 13.0. The Morgan fingerprint density at radius 1 is 0.813 bits per heavy atom. The fourth-order valence-electron chi connectivity index (χ4n) is 13.0. The monoisotopic (exact) mass is 1030 g/mol. The highest BCUT2D eigenvalue weighted by Gasteiger charge is 2.53. The smallest absolute Gasteiger partial charge is 0.289 e. The second-order valence-corrected chi connectivity index (χ2v) is 23.6. The first-order valence-corrected chi connectivity index (χ1v) is 27.6. The van der Waals surface area contributed by atoms with Gasteiger partial charge in [-0.25, -0.2) is 4.98 Å². The summed E-state index contributed by atoms with van der Waals surface area (Å²) in [6.45, 7) is 9.90. The van der Waals surface area contributed by atoms with Crippen molar-refractivity contribution < 1.29 is 47.9 Å². The van der Waals surface area contributed by atoms with E-state index in [2.05, 4.69) is 38.5 Å². The molecule has 7 aliphatic rings. The summed E-state index contributed by atoms with van der Waals surface area (Å²) in [5.74, 6) is -5.52. The van der Waals surface area contributed by atoms with Gasteiger partial charge in [0.05, 0.1) is 29.1 Å². The van der Waals surface area contributed by atoms with Gasteiger partial charge in [-0.3, -0.25) is 63.1 Å². The van der Waals surface area contributed by atoms with Crippen LogP contribution in [0.2, 0.25) is 0 Å². The molecule has 0 bridgehead atoms. The number of hydrogen-bond acceptors (Lipinski definition) is 12. The number of nitrogens with zero attached hydrogens (tertiary/aromatic N) is 4. The number of fused-ring (bicyclic) bond motifs is 2. The molecule has 4 aliphatic carbocycles. The van der Waals surface area contributed by atoms with Crippen molar-refractivity contribution >= 4 is 58.9 Å². The zero-order valence-electron chi connectivity index (χ0n) is 43.9. The normalized spacial score (nSPS) is 27.1. The lowest BCUT2D eigenvalue weighted by Gasteiger charge is -2.38. The van der Waals surface area contributed by atoms with Crippen molar-refractivity contribution in [2.45, 2.75) is 192 Å². The van der Waals surface area contributed by atoms with Crippen molar-refractivity contribution in [1.29, 1.82) is 0 Å². The van der Waals surface area contributed by atoms with Crippen LogP contribution in [0, 0.1) is 29.1 Å². The Labute approximate surface area is 438 Å². The highest BCUT2D eigenvalue weighted by molar-refractivity contribution is 6.38. The van der Waals surface area contributed by atoms with Crippen LogP contribution < -0.4 is 26.6 Å². The lowest BCUT2D eigenvalue weighted by molar-refractivity contribution is -0.146. The second-order valence-electron chi connectivity index (χ2n) is 23.6. The standard InChI is InChI=1S/C56H73N9O10/c1-6-11-39(46(67)52(72)59-34-18-19-34)60-51(71)45-36-15-10-14-33(36)28-64(45)55(75)47(56(3,4)5)63-50(70)44(30-12-8-7-9-13-30)62-48(68)41-27-57-40(26-58-41)32-17-20-35(29(2)24-32)31-16-21-37-38(25-31)54(74)65(53(37)73)42-22-23-43(66)61-49(42)69/h16,21,25-27,29-30,32-36,39,42,44-45,47H,6-15,17-20,22-24,28H2,1-5H3,(H,59,72)(H,60,71)(H,62,68)(H,63,70)(H,61,66,69)/t29?,32?,33-,35?,36-,39+,42?,44-,45-,47+/m0/s1. The molecule has 19 nitrogen and oxygen atoms in total. The van der Waals surface area contributed by atoms with Crippen molar-refractivity contribution in [3.8, 4) is 0 Å². The predicted octanol–water partition coefficient (Wildman–Crippen LogP) is 4.53. The summed E-state index contributed by atoms with van der Waals surface area (Å²) >= 11 is 0. The van der Waals surface area contributed by atoms with Crippen LogP contribution in [0.3, 0.4) is 0 Å². The van der Waals surface area contributed by atoms with Crippen LogP contribution >= 0.6 is 0 Å². The van der Waals surface area contributed by atoms with Crippen molar-refractivity contribution in [3.63, 3.8) is 0 Å². The third-order valence-electron chi connectivity index (χ3n) is 17.3. The fraction of sp³-hybridized carbons (Fsp3) is 0.643. The first-order chi connectivity index (χ1) is 35.8. The largest absolute Gasteiger partial charge is 0.347 e. The van der Waals surface area contributed by atoms with Crippen LogP contribution in [0.5, 0.6) is 0 Å². The maximum Gasteiger partial charge on any atom is 0.289 e. The Balaban J connectivity index is 0.851. The Morgan fingerprint density at radius 3 is 2.23 bits per heavy atom. The first-order valence-electron chi connectivity index (χ1n) is 27.6. The van der Waals surface area contributed by atoms with Gasteiger partial charge in [-0.2, -0.15) is 0 Å². The van der Waals surface area contributed by atoms with Crippen molar-refractivity contribution in [2.24, 2.45) is 29.1 Å². The first kappa shape index (κ1) is 53.4. The van der Waals surface area contributed by atoms with Crippen LogP contribution in [0.4, 0.5) is 0 Å². The minimum atomic E-state index is -1.07. The minimum absolute atomic E-state index is 0.0197. The van der Waals surface area contributed by atoms with Gasteiger partial charge in [-0.1, -0.05) is 72.8 Å². The molecule has 1 aromatic carbocycles. The predicted molar refractivity (Wildman–Crippen MR) is 272 cm³/mol. The summed E-state index contributed by atoms with van der Waals surface area (Å²) in [5, 5.41) is 13.9. The SMILES string of the molecule is CCC[C@@H](NC(=O)[C@@H]1[C@H]2CCC[C@H]2CN1C(=O)[C@@H](NC(=O)[C@@H](NC(=O)c1cnc(C2CCC(c3ccc4c(c3)C(=O)N(C3CCC(=O)NC3=O)C4=O)C(C)C2)cn1)C1CCCCC1)C(C)(C)C)C(=O)C(=O)NC1CC1. The Bertz CT molecular complexity index is 2620. The molecule has 402 valence electrons. The second kappa shape index (κ2) is 22.1. The maximum absolute atomic E-state index is 15.0. The highest BCUT2D eigenvalue weighted by atomic mass is 16.2. The lowest BCUT2D eigenvalue weighted by atomic mass is 9.71. The van der Waals surface area contributed by atoms with Crippen molar-refractivity contribution in [1.82, 2.24) is 46.4 Å². The Morgan fingerprint density at radius 2 is 1.56 bits per heavy atom. The number of ketones is 1. The molecule has 1 aromatic heterocycles. The molecule has 0 spiro atoms. The summed E-state index contributed by atoms with van der Waals surface area (Å²) < 4.78 is 0. The number of benzene rings is 1. The third-order valence-corrected chi connectivity index (χ3v) is 17.3. The van der Waals surface area contributed by atoms with E-state index in [9.17, 15) is 47.9 Å². The molecular formula is C56H73N9O10. The molecule has 9 amide bonds. The number of amides is 9. The molecule has 2 aromatic rings. The molecular weight excluding hydrogens is 959 g/mol. The molecule has 6 fully saturated rings. The van der Waals surface area contributed by atoms with Gasteiger partial charge >= 0.3 is 0 Å². The molecule has 10 atom stereocenters. The molecule has 5 N–H and O–H groups in total. The Hall–Kier alpha value is -6.40. The number of carbonyl (C=O) groups excluding carboxylic acids is 10. The number of Topliss-reactive ketones (excluding diaryl/α,β-unsaturated/α-hetero) is 1. The molecule has 4 heterocycles. The quantitative estimate of drug-likeness (QED) is 0.115. The summed E-state index contributed by atoms with van der Waals surface area (Å²) in [6, 6.07) is 0.270. The van der Waals surface area contributed by atoms with Crippen LogP contribution in [-0.4, -0.2) is 122 Å². The van der Waals surface area contributed by atoms with E-state index in [1.54, 1.807) is 23.2 Å². The number of imide groups is 2. The van der Waals surface area contributed by atoms with Gasteiger partial charge in [0.2, 0.25) is 35.3 Å². The zero-order chi connectivity index (χ0) is 53.5. The van der Waals surface area contributed by atoms with Crippen LogP contribution in [0.25, 0.3) is 0 Å². The number of aromatic nitrogens is 2. The number of rotatable bonds is 16. The molecule has 4 unspecified atom stereocenters. The van der Waals surface area contributed by atoms with Crippen LogP contribution in [-0.2, 0) is 33.6 Å². The van der Waals surface area contributed by atoms with Gasteiger partial charge < -0.3 is 26.2 Å². The van der Waals surface area contributed by atoms with E-state index in [4.69, 9.17) is 4.98 Å². The lowest BCUT2D eigenvalue weighted by Crippen LogP contribution is -2.62. The molecule has 9 rings (SSSR count). The summed E-state index contributed by atoms with van der Waals surface area (Å²) in [4.78, 5) is 147. The van der Waals surface area contributed by atoms with E-state index in [0.29, 0.717) is 25.8 Å². The van der Waals surface area contributed by atoms with E-state index in [1.165, 1.54) is 6.20 Å². The number of likely N-dealkylation sites (tertiary alicyclic amines) is 1. The molecule has 3 aliphatic heterocycles. The van der Waals surface area contributed by atoms with Gasteiger partial charge in [0, 0.05) is 31.1 Å². The van der Waals surface area contributed by atoms with Gasteiger partial charge in [0.15, 0.2) is 0 Å². The summed E-state index contributed by atoms with van der Waals surface area (Å²) in [6.07, 6.45) is 14.5. The van der Waals surface area contributed by atoms with Gasteiger partial charge in [-0.05, 0) is 123 Å². The highest BCUT2D eigenvalue weighted by Crippen LogP contribution is 2.46. The van der Waals surface area contributed by atoms with Crippen LogP contribution in [0.15, 0.2) is 30.6 Å². The van der Waals surface area contributed by atoms with E-state index >= 15 is 0 Å². The van der Waals surface area contributed by atoms with E-state index in [1.807, 2.05) is 33.8 Å². The van der Waals surface area contributed by atoms with Crippen LogP contribution in [0.1, 0.15) is 198 Å². The molecule has 19 heteroatoms. The van der Waals surface area contributed by atoms with E-state index in [-0.39, 0.29) is 77.6 Å². The van der Waals surface area contributed by atoms with E-state index < -0.39 is 94.6 Å². The average molecular weight is 1030 g/mol. The minimum Gasteiger partial charge on any atom is -0.347 e. The summed E-state index contributed by atoms with van der Waals surface area (Å²) in [7, 11) is 0. The van der Waals surface area contributed by atoms with E-state index in [0.717, 1.165) is 86.8 Å². The topological polar surface area (TPSA) is 263 Å². The Kier molecular flexibility index (Phi) is 15.7. The van der Waals surface area contributed by atoms with Crippen molar-refractivity contribution in [2.75, 3.05) is 6.54 Å². The average Bonchev–Trinajstić information content (AvgIpc) is 3.87. The number of piperidine rings is 1. The number of nitrogens with one attached hydrogen (secondary N) is 5. The number of hydrogen-bond donors (Lipinski definition) is 5. The maximum atomic E-state index is 15.0. The van der Waals surface area contributed by atoms with Gasteiger partial charge in [0.25, 0.3) is 23.6 Å². The summed E-state index contributed by atoms with van der Waals surface area (Å²) in [5.41, 5.74) is 1.38. The molecule has 4 saturated carbocycles. The third kappa shape index (κ3) is 11.3. The number of carbonyl (C=O) groups is 10. The molecule has 2 saturated heterocycles. The van der Waals surface area contributed by atoms with Gasteiger partial charge in [0.1, 0.15) is 29.9 Å². The molecule has 75 heavy (non-hydrogen) atoms.